The van der Waals surface area contributed by atoms with Crippen LogP contribution in [0, 0.1) is 5.41 Å². The number of ether oxygens (including phenoxy) is 2. The van der Waals surface area contributed by atoms with Crippen molar-refractivity contribution in [2.45, 2.75) is 52.6 Å². The van der Waals surface area contributed by atoms with Crippen molar-refractivity contribution < 1.29 is 14.3 Å². The molecule has 1 aliphatic carbocycles. The molecule has 3 nitrogen and oxygen atoms in total. The highest BCUT2D eigenvalue weighted by atomic mass is 16.5. The summed E-state index contributed by atoms with van der Waals surface area (Å²) in [5, 5.41) is 0. The molecule has 1 aromatic rings. The molecule has 110 valence electrons. The molecule has 1 atom stereocenters. The highest BCUT2D eigenvalue weighted by Crippen LogP contribution is 2.46. The number of carbonyl (C=O) groups excluding carboxylic acids is 1. The van der Waals surface area contributed by atoms with Gasteiger partial charge in [0, 0.05) is 6.42 Å². The van der Waals surface area contributed by atoms with Crippen LogP contribution in [0.2, 0.25) is 0 Å². The van der Waals surface area contributed by atoms with Gasteiger partial charge >= 0.3 is 0 Å². The van der Waals surface area contributed by atoms with E-state index in [2.05, 4.69) is 26.8 Å². The summed E-state index contributed by atoms with van der Waals surface area (Å²) in [4.78, 5) is 12.0. The van der Waals surface area contributed by atoms with E-state index < -0.39 is 0 Å². The van der Waals surface area contributed by atoms with E-state index in [4.69, 9.17) is 9.47 Å². The quantitative estimate of drug-likeness (QED) is 0.793. The van der Waals surface area contributed by atoms with Crippen LogP contribution in [0.4, 0.5) is 0 Å². The van der Waals surface area contributed by atoms with Crippen LogP contribution >= 0.6 is 0 Å². The summed E-state index contributed by atoms with van der Waals surface area (Å²) in [6.45, 7) is 6.24. The summed E-state index contributed by atoms with van der Waals surface area (Å²) in [5.41, 5.74) is 0.921. The summed E-state index contributed by atoms with van der Waals surface area (Å²) in [6.07, 6.45) is 3.13. The first-order valence-corrected chi connectivity index (χ1v) is 7.48. The van der Waals surface area contributed by atoms with Crippen molar-refractivity contribution in [3.05, 3.63) is 23.8 Å². The molecule has 20 heavy (non-hydrogen) atoms. The van der Waals surface area contributed by atoms with E-state index in [1.54, 1.807) is 7.11 Å². The lowest BCUT2D eigenvalue weighted by molar-refractivity contribution is -0.153. The molecular formula is C17H24O3. The third kappa shape index (κ3) is 2.30. The summed E-state index contributed by atoms with van der Waals surface area (Å²) in [7, 11) is 1.65. The monoisotopic (exact) mass is 276 g/mol. The number of benzene rings is 1. The Morgan fingerprint density at radius 3 is 2.40 bits per heavy atom. The van der Waals surface area contributed by atoms with E-state index in [1.807, 2.05) is 12.1 Å². The van der Waals surface area contributed by atoms with Gasteiger partial charge in [0.15, 0.2) is 11.5 Å². The zero-order chi connectivity index (χ0) is 14.8. The van der Waals surface area contributed by atoms with Gasteiger partial charge in [0.05, 0.1) is 12.5 Å². The average Bonchev–Trinajstić information content (AvgIpc) is 2.48. The average molecular weight is 276 g/mol. The molecule has 3 heteroatoms. The van der Waals surface area contributed by atoms with Crippen molar-refractivity contribution in [1.29, 1.82) is 0 Å². The van der Waals surface area contributed by atoms with E-state index in [1.165, 1.54) is 5.56 Å². The van der Waals surface area contributed by atoms with Crippen molar-refractivity contribution in [2.75, 3.05) is 7.11 Å². The molecule has 0 spiro atoms. The Balaban J connectivity index is 2.20. The Morgan fingerprint density at radius 1 is 1.20 bits per heavy atom. The summed E-state index contributed by atoms with van der Waals surface area (Å²) >= 11 is 0. The summed E-state index contributed by atoms with van der Waals surface area (Å²) in [5.74, 6) is 1.83. The van der Waals surface area contributed by atoms with Gasteiger partial charge in [-0.3, -0.25) is 4.79 Å². The lowest BCUT2D eigenvalue weighted by Crippen LogP contribution is -2.56. The highest BCUT2D eigenvalue weighted by Gasteiger charge is 2.54. The Bertz CT molecular complexity index is 489. The van der Waals surface area contributed by atoms with E-state index in [0.717, 1.165) is 30.8 Å². The minimum atomic E-state index is -0.297. The zero-order valence-electron chi connectivity index (χ0n) is 12.9. The predicted octanol–water partition coefficient (Wildman–Crippen LogP) is 3.78. The Hall–Kier alpha value is -1.51. The number of ketones is 1. The maximum Gasteiger partial charge on any atom is 0.161 e. The van der Waals surface area contributed by atoms with Crippen LogP contribution in [0.25, 0.3) is 0 Å². The molecule has 0 amide bonds. The van der Waals surface area contributed by atoms with Crippen LogP contribution in [0.5, 0.6) is 11.5 Å². The smallest absolute Gasteiger partial charge is 0.161 e. The van der Waals surface area contributed by atoms with Gasteiger partial charge in [-0.25, -0.2) is 0 Å². The molecule has 1 saturated carbocycles. The van der Waals surface area contributed by atoms with Gasteiger partial charge in [0.1, 0.15) is 11.9 Å². The van der Waals surface area contributed by atoms with Gasteiger partial charge in [-0.15, -0.1) is 0 Å². The number of rotatable bonds is 6. The van der Waals surface area contributed by atoms with Crippen LogP contribution in [0.3, 0.4) is 0 Å². The van der Waals surface area contributed by atoms with Gasteiger partial charge in [0.2, 0.25) is 0 Å². The summed E-state index contributed by atoms with van der Waals surface area (Å²) in [6, 6.07) is 6.02. The second kappa shape index (κ2) is 5.86. The molecule has 2 rings (SSSR count). The fourth-order valence-electron chi connectivity index (χ4n) is 3.05. The third-order valence-corrected chi connectivity index (χ3v) is 4.71. The number of methoxy groups -OCH3 is 1. The van der Waals surface area contributed by atoms with E-state index in [9.17, 15) is 4.79 Å². The topological polar surface area (TPSA) is 35.5 Å². The zero-order valence-corrected chi connectivity index (χ0v) is 12.9. The van der Waals surface area contributed by atoms with Crippen LogP contribution < -0.4 is 9.47 Å². The van der Waals surface area contributed by atoms with Crippen LogP contribution in [0.15, 0.2) is 18.2 Å². The van der Waals surface area contributed by atoms with Crippen molar-refractivity contribution in [2.24, 2.45) is 5.41 Å². The molecule has 0 N–H and O–H groups in total. The van der Waals surface area contributed by atoms with Crippen LogP contribution in [0.1, 0.15) is 45.6 Å². The SMILES string of the molecule is CCc1ccc(OC2CC(=O)C2(CC)CC)c(OC)c1. The van der Waals surface area contributed by atoms with Crippen LogP contribution in [-0.2, 0) is 11.2 Å². The first kappa shape index (κ1) is 14.9. The maximum absolute atomic E-state index is 12.0. The van der Waals surface area contributed by atoms with Gasteiger partial charge in [-0.05, 0) is 37.0 Å². The van der Waals surface area contributed by atoms with E-state index >= 15 is 0 Å². The molecule has 1 unspecified atom stereocenters. The normalized spacial score (nSPS) is 20.4. The van der Waals surface area contributed by atoms with Crippen LogP contribution in [-0.4, -0.2) is 19.0 Å². The van der Waals surface area contributed by atoms with Gasteiger partial charge in [0.25, 0.3) is 0 Å². The highest BCUT2D eigenvalue weighted by molar-refractivity contribution is 5.92. The Kier molecular flexibility index (Phi) is 4.36. The number of hydrogen-bond donors (Lipinski definition) is 0. The number of carbonyl (C=O) groups is 1. The molecule has 0 heterocycles. The summed E-state index contributed by atoms with van der Waals surface area (Å²) < 4.78 is 11.5. The second-order valence-corrected chi connectivity index (χ2v) is 5.44. The van der Waals surface area contributed by atoms with E-state index in [-0.39, 0.29) is 11.5 Å². The Morgan fingerprint density at radius 2 is 1.90 bits per heavy atom. The number of Topliss-reactive ketones (excluding diaryl/α,β-unsaturated/α-hetero) is 1. The lowest BCUT2D eigenvalue weighted by atomic mass is 9.61. The van der Waals surface area contributed by atoms with Crippen molar-refractivity contribution in [1.82, 2.24) is 0 Å². The molecule has 0 aromatic heterocycles. The maximum atomic E-state index is 12.0. The Labute approximate surface area is 121 Å². The number of hydrogen-bond acceptors (Lipinski definition) is 3. The van der Waals surface area contributed by atoms with Crippen molar-refractivity contribution >= 4 is 5.78 Å². The first-order chi connectivity index (χ1) is 9.61. The lowest BCUT2D eigenvalue weighted by Gasteiger charge is -2.46. The van der Waals surface area contributed by atoms with Gasteiger partial charge < -0.3 is 9.47 Å². The largest absolute Gasteiger partial charge is 0.493 e. The molecular weight excluding hydrogens is 252 g/mol. The molecule has 0 saturated heterocycles. The minimum Gasteiger partial charge on any atom is -0.493 e. The van der Waals surface area contributed by atoms with E-state index in [0.29, 0.717) is 12.2 Å². The fraction of sp³-hybridized carbons (Fsp3) is 0.588. The molecule has 1 aromatic carbocycles. The molecule has 0 radical (unpaired) electrons. The molecule has 0 aliphatic heterocycles. The van der Waals surface area contributed by atoms with Crippen molar-refractivity contribution in [3.63, 3.8) is 0 Å². The predicted molar refractivity (Wildman–Crippen MR) is 79.4 cm³/mol. The van der Waals surface area contributed by atoms with Crippen molar-refractivity contribution in [3.8, 4) is 11.5 Å². The van der Waals surface area contributed by atoms with Gasteiger partial charge in [-0.1, -0.05) is 26.8 Å². The standard InChI is InChI=1S/C17H24O3/c1-5-12-8-9-13(14(10-12)19-4)20-16-11-15(18)17(16,6-2)7-3/h8-10,16H,5-7,11H2,1-4H3. The minimum absolute atomic E-state index is 0.0219. The number of aryl methyl sites for hydroxylation is 1. The molecule has 1 aliphatic rings. The third-order valence-electron chi connectivity index (χ3n) is 4.71. The van der Waals surface area contributed by atoms with Gasteiger partial charge in [-0.2, -0.15) is 0 Å². The second-order valence-electron chi connectivity index (χ2n) is 5.44. The molecule has 0 bridgehead atoms. The fourth-order valence-corrected chi connectivity index (χ4v) is 3.05. The first-order valence-electron chi connectivity index (χ1n) is 7.48. The molecule has 1 fully saturated rings.